The molecule has 5 rings (SSSR count). The van der Waals surface area contributed by atoms with Crippen molar-refractivity contribution in [1.82, 2.24) is 5.43 Å². The fraction of sp³-hybridized carbons (Fsp3) is 1.00. The van der Waals surface area contributed by atoms with Crippen LogP contribution in [0.5, 0.6) is 0 Å². The van der Waals surface area contributed by atoms with Crippen molar-refractivity contribution in [3.63, 3.8) is 0 Å². The number of nitrogens with one attached hydrogen (secondary N) is 1. The lowest BCUT2D eigenvalue weighted by atomic mass is 9.48. The standard InChI is InChI=1S/C23H40N2O/c1-21(26)9-7-16-15(13-21)3-4-18-17(16)8-10-22(2)19(18)5-6-20(22)23(11-12-23)14-25-24/h15-20,25-26H,3-14,24H2,1-2H3/t15-,16+,17-,18-,19+,20+,21-,22+/m1/s1. The highest BCUT2D eigenvalue weighted by atomic mass is 16.3. The zero-order valence-electron chi connectivity index (χ0n) is 17.0. The van der Waals surface area contributed by atoms with Crippen LogP contribution in [0.3, 0.4) is 0 Å². The molecule has 3 nitrogen and oxygen atoms in total. The molecule has 5 saturated carbocycles. The summed E-state index contributed by atoms with van der Waals surface area (Å²) in [7, 11) is 0. The molecule has 26 heavy (non-hydrogen) atoms. The van der Waals surface area contributed by atoms with Gasteiger partial charge in [0.1, 0.15) is 0 Å². The topological polar surface area (TPSA) is 58.3 Å². The zero-order chi connectivity index (χ0) is 18.2. The van der Waals surface area contributed by atoms with Gasteiger partial charge in [-0.2, -0.15) is 0 Å². The summed E-state index contributed by atoms with van der Waals surface area (Å²) in [4.78, 5) is 0. The Morgan fingerprint density at radius 3 is 2.38 bits per heavy atom. The SMILES string of the molecule is C[C@@]1(O)CC[C@H]2[C@H](CC[C@@H]3[C@@H]2CC[C@]2(C)[C@@H](C4(CNN)CC4)CC[C@@H]32)C1. The molecule has 0 aromatic carbocycles. The Balaban J connectivity index is 1.36. The molecule has 4 N–H and O–H groups in total. The molecule has 0 aromatic rings. The number of aliphatic hydroxyl groups is 1. The molecule has 0 amide bonds. The summed E-state index contributed by atoms with van der Waals surface area (Å²) < 4.78 is 0. The van der Waals surface area contributed by atoms with Crippen molar-refractivity contribution in [3.05, 3.63) is 0 Å². The van der Waals surface area contributed by atoms with E-state index in [1.54, 1.807) is 0 Å². The Hall–Kier alpha value is -0.120. The van der Waals surface area contributed by atoms with Crippen molar-refractivity contribution < 1.29 is 5.11 Å². The minimum Gasteiger partial charge on any atom is -0.390 e. The van der Waals surface area contributed by atoms with Gasteiger partial charge >= 0.3 is 0 Å². The van der Waals surface area contributed by atoms with Crippen LogP contribution in [-0.2, 0) is 0 Å². The van der Waals surface area contributed by atoms with Gasteiger partial charge in [-0.15, -0.1) is 0 Å². The first-order valence-corrected chi connectivity index (χ1v) is 11.5. The highest BCUT2D eigenvalue weighted by Gasteiger charge is 2.63. The van der Waals surface area contributed by atoms with E-state index in [-0.39, 0.29) is 5.60 Å². The number of hydrogen-bond acceptors (Lipinski definition) is 3. The first kappa shape index (κ1) is 17.9. The molecule has 148 valence electrons. The minimum atomic E-state index is -0.386. The highest BCUT2D eigenvalue weighted by Crippen LogP contribution is 2.71. The average molecular weight is 361 g/mol. The summed E-state index contributed by atoms with van der Waals surface area (Å²) in [6.07, 6.45) is 14.9. The van der Waals surface area contributed by atoms with E-state index in [1.165, 1.54) is 57.8 Å². The van der Waals surface area contributed by atoms with E-state index in [0.29, 0.717) is 10.8 Å². The lowest BCUT2D eigenvalue weighted by molar-refractivity contribution is -0.104. The maximum atomic E-state index is 10.6. The summed E-state index contributed by atoms with van der Waals surface area (Å²) in [5, 5.41) is 10.6. The van der Waals surface area contributed by atoms with Gasteiger partial charge in [0.25, 0.3) is 0 Å². The van der Waals surface area contributed by atoms with Crippen LogP contribution in [0.2, 0.25) is 0 Å². The smallest absolute Gasteiger partial charge is 0.0622 e. The van der Waals surface area contributed by atoms with E-state index >= 15 is 0 Å². The van der Waals surface area contributed by atoms with E-state index in [2.05, 4.69) is 19.3 Å². The number of hydrazine groups is 1. The third-order valence-electron chi connectivity index (χ3n) is 10.3. The summed E-state index contributed by atoms with van der Waals surface area (Å²) in [5.41, 5.74) is 3.76. The molecule has 0 unspecified atom stereocenters. The van der Waals surface area contributed by atoms with Crippen molar-refractivity contribution in [2.75, 3.05) is 6.54 Å². The molecular weight excluding hydrogens is 320 g/mol. The van der Waals surface area contributed by atoms with Crippen LogP contribution in [0.1, 0.15) is 84.5 Å². The predicted octanol–water partition coefficient (Wildman–Crippen LogP) is 4.25. The third-order valence-corrected chi connectivity index (χ3v) is 10.3. The maximum Gasteiger partial charge on any atom is 0.0622 e. The van der Waals surface area contributed by atoms with Gasteiger partial charge in [0.2, 0.25) is 0 Å². The summed E-state index contributed by atoms with van der Waals surface area (Å²) >= 11 is 0. The Morgan fingerprint density at radius 2 is 1.65 bits per heavy atom. The van der Waals surface area contributed by atoms with Gasteiger partial charge in [0.15, 0.2) is 0 Å². The maximum absolute atomic E-state index is 10.6. The van der Waals surface area contributed by atoms with Crippen molar-refractivity contribution in [2.45, 2.75) is 90.1 Å². The summed E-state index contributed by atoms with van der Waals surface area (Å²) in [6, 6.07) is 0. The summed E-state index contributed by atoms with van der Waals surface area (Å²) in [5.74, 6) is 11.3. The molecule has 0 radical (unpaired) electrons. The van der Waals surface area contributed by atoms with Crippen molar-refractivity contribution in [1.29, 1.82) is 0 Å². The summed E-state index contributed by atoms with van der Waals surface area (Å²) in [6.45, 7) is 5.78. The van der Waals surface area contributed by atoms with E-state index in [9.17, 15) is 5.11 Å². The molecule has 5 fully saturated rings. The van der Waals surface area contributed by atoms with Gasteiger partial charge in [-0.25, -0.2) is 0 Å². The van der Waals surface area contributed by atoms with Crippen LogP contribution in [0.15, 0.2) is 0 Å². The highest BCUT2D eigenvalue weighted by molar-refractivity contribution is 5.13. The second-order valence-corrected chi connectivity index (χ2v) is 11.6. The van der Waals surface area contributed by atoms with Crippen molar-refractivity contribution in [3.8, 4) is 0 Å². The van der Waals surface area contributed by atoms with Crippen LogP contribution < -0.4 is 11.3 Å². The monoisotopic (exact) mass is 360 g/mol. The molecule has 0 spiro atoms. The lowest BCUT2D eigenvalue weighted by Gasteiger charge is -2.57. The Morgan fingerprint density at radius 1 is 0.885 bits per heavy atom. The number of nitrogens with two attached hydrogens (primary N) is 1. The quantitative estimate of drug-likeness (QED) is 0.521. The number of hydrogen-bond donors (Lipinski definition) is 3. The number of fused-ring (bicyclic) bond motifs is 5. The van der Waals surface area contributed by atoms with E-state index in [1.807, 2.05) is 0 Å². The van der Waals surface area contributed by atoms with Crippen LogP contribution in [-0.4, -0.2) is 17.3 Å². The predicted molar refractivity (Wildman–Crippen MR) is 105 cm³/mol. The molecule has 0 aromatic heterocycles. The largest absolute Gasteiger partial charge is 0.390 e. The van der Waals surface area contributed by atoms with Gasteiger partial charge in [-0.05, 0) is 124 Å². The van der Waals surface area contributed by atoms with Gasteiger partial charge < -0.3 is 5.11 Å². The second kappa shape index (κ2) is 5.94. The van der Waals surface area contributed by atoms with Gasteiger partial charge in [0.05, 0.1) is 5.60 Å². The second-order valence-electron chi connectivity index (χ2n) is 11.6. The third kappa shape index (κ3) is 2.56. The lowest BCUT2D eigenvalue weighted by Crippen LogP contribution is -2.51. The first-order chi connectivity index (χ1) is 12.4. The van der Waals surface area contributed by atoms with Gasteiger partial charge in [-0.3, -0.25) is 11.3 Å². The molecule has 5 aliphatic rings. The molecule has 8 atom stereocenters. The fourth-order valence-electron chi connectivity index (χ4n) is 9.10. The van der Waals surface area contributed by atoms with Crippen LogP contribution in [0.25, 0.3) is 0 Å². The first-order valence-electron chi connectivity index (χ1n) is 11.5. The molecule has 5 aliphatic carbocycles. The average Bonchev–Trinajstić information content (AvgIpc) is 3.27. The Kier molecular flexibility index (Phi) is 4.10. The molecule has 0 aliphatic heterocycles. The van der Waals surface area contributed by atoms with Crippen LogP contribution >= 0.6 is 0 Å². The normalized spacial score (nSPS) is 54.9. The zero-order valence-corrected chi connectivity index (χ0v) is 17.0. The van der Waals surface area contributed by atoms with E-state index in [0.717, 1.165) is 54.9 Å². The van der Waals surface area contributed by atoms with Crippen LogP contribution in [0.4, 0.5) is 0 Å². The molecule has 0 bridgehead atoms. The molecule has 3 heteroatoms. The van der Waals surface area contributed by atoms with E-state index < -0.39 is 0 Å². The van der Waals surface area contributed by atoms with Crippen LogP contribution in [0, 0.1) is 46.3 Å². The fourth-order valence-corrected chi connectivity index (χ4v) is 9.10. The number of rotatable bonds is 3. The molecule has 0 saturated heterocycles. The van der Waals surface area contributed by atoms with E-state index in [4.69, 9.17) is 5.84 Å². The Bertz CT molecular complexity index is 556. The van der Waals surface area contributed by atoms with Crippen molar-refractivity contribution >= 4 is 0 Å². The molecule has 0 heterocycles. The van der Waals surface area contributed by atoms with Gasteiger partial charge in [-0.1, -0.05) is 6.92 Å². The Labute approximate surface area is 159 Å². The van der Waals surface area contributed by atoms with Gasteiger partial charge in [0, 0.05) is 6.54 Å². The minimum absolute atomic E-state index is 0.386. The van der Waals surface area contributed by atoms with Crippen molar-refractivity contribution in [2.24, 2.45) is 52.2 Å². The molecular formula is C23H40N2O.